The molecular formula is C36H29FNO+. The van der Waals surface area contributed by atoms with Crippen molar-refractivity contribution in [3.8, 4) is 22.4 Å². The summed E-state index contributed by atoms with van der Waals surface area (Å²) < 4.78 is 34.1. The third-order valence-electron chi connectivity index (χ3n) is 7.99. The minimum atomic E-state index is -0.397. The van der Waals surface area contributed by atoms with Crippen molar-refractivity contribution in [2.75, 3.05) is 0 Å². The first kappa shape index (κ1) is 22.5. The number of hydrogen-bond acceptors (Lipinski definition) is 1. The number of halogens is 1. The second-order valence-electron chi connectivity index (χ2n) is 10.7. The molecule has 2 heterocycles. The highest BCUT2D eigenvalue weighted by Gasteiger charge is 2.24. The first-order valence-corrected chi connectivity index (χ1v) is 13.4. The van der Waals surface area contributed by atoms with Gasteiger partial charge >= 0.3 is 0 Å². The summed E-state index contributed by atoms with van der Waals surface area (Å²) >= 11 is 0. The van der Waals surface area contributed by atoms with Crippen LogP contribution < -0.4 is 4.57 Å². The molecule has 0 bridgehead atoms. The van der Waals surface area contributed by atoms with Crippen LogP contribution in [0, 0.1) is 12.7 Å². The molecule has 0 fully saturated rings. The minimum absolute atomic E-state index is 0.300. The second kappa shape index (κ2) is 8.78. The lowest BCUT2D eigenvalue weighted by Gasteiger charge is -2.12. The van der Waals surface area contributed by atoms with E-state index in [1.807, 2.05) is 55.6 Å². The molecule has 39 heavy (non-hydrogen) atoms. The maximum atomic E-state index is 16.0. The van der Waals surface area contributed by atoms with Crippen molar-refractivity contribution < 1.29 is 14.7 Å². The lowest BCUT2D eigenvalue weighted by atomic mass is 9.92. The smallest absolute Gasteiger partial charge is 0.216 e. The van der Waals surface area contributed by atoms with Gasteiger partial charge in [0.15, 0.2) is 6.20 Å². The Morgan fingerprint density at radius 1 is 0.769 bits per heavy atom. The fourth-order valence-electron chi connectivity index (χ4n) is 5.89. The van der Waals surface area contributed by atoms with Gasteiger partial charge in [-0.25, -0.2) is 8.96 Å². The number of fused-ring (bicyclic) bond motifs is 6. The molecule has 2 aromatic heterocycles. The fraction of sp³-hybridized carbons (Fsp3) is 0.139. The van der Waals surface area contributed by atoms with Crippen molar-refractivity contribution in [3.63, 3.8) is 0 Å². The molecule has 0 unspecified atom stereocenters. The maximum absolute atomic E-state index is 16.0. The average molecular weight is 512 g/mol. The van der Waals surface area contributed by atoms with Crippen molar-refractivity contribution >= 4 is 43.5 Å². The molecule has 0 aliphatic heterocycles. The van der Waals surface area contributed by atoms with Crippen LogP contribution in [-0.4, -0.2) is 0 Å². The van der Waals surface area contributed by atoms with E-state index in [-0.39, 0.29) is 0 Å². The first-order chi connectivity index (χ1) is 19.3. The second-order valence-corrected chi connectivity index (χ2v) is 10.7. The van der Waals surface area contributed by atoms with Gasteiger partial charge in [0.2, 0.25) is 5.69 Å². The molecule has 0 atom stereocenters. The van der Waals surface area contributed by atoms with E-state index in [1.54, 1.807) is 6.07 Å². The Morgan fingerprint density at radius 2 is 1.44 bits per heavy atom. The Labute approximate surface area is 228 Å². The van der Waals surface area contributed by atoms with Crippen LogP contribution in [-0.2, 0) is 7.05 Å². The summed E-state index contributed by atoms with van der Waals surface area (Å²) in [7, 11) is 2.04. The number of aromatic nitrogens is 1. The number of rotatable bonds is 3. The SMILES string of the molecule is [2H]c1c(-c2c(F)ccc3c2oc2c(-c4cc(C(C)C)cc[n+]4C)c(C)ccc23)c2ccccc2c2ccccc12. The summed E-state index contributed by atoms with van der Waals surface area (Å²) in [6.07, 6.45) is 2.09. The lowest BCUT2D eigenvalue weighted by Crippen LogP contribution is -2.31. The fourth-order valence-corrected chi connectivity index (χ4v) is 5.89. The molecule has 7 aromatic rings. The quantitative estimate of drug-likeness (QED) is 0.170. The molecule has 0 spiro atoms. The van der Waals surface area contributed by atoms with Crippen LogP contribution in [0.1, 0.15) is 32.3 Å². The lowest BCUT2D eigenvalue weighted by molar-refractivity contribution is -0.660. The number of furan rings is 1. The number of benzene rings is 5. The zero-order valence-electron chi connectivity index (χ0n) is 23.5. The number of pyridine rings is 1. The molecule has 0 amide bonds. The molecule has 3 heteroatoms. The van der Waals surface area contributed by atoms with Gasteiger partial charge in [0.25, 0.3) is 0 Å². The van der Waals surface area contributed by atoms with Crippen molar-refractivity contribution in [2.45, 2.75) is 26.7 Å². The average Bonchev–Trinajstić information content (AvgIpc) is 3.33. The van der Waals surface area contributed by atoms with Crippen molar-refractivity contribution in [3.05, 3.63) is 114 Å². The Balaban J connectivity index is 1.62. The molecule has 190 valence electrons. The van der Waals surface area contributed by atoms with Gasteiger partial charge < -0.3 is 4.42 Å². The van der Waals surface area contributed by atoms with Crippen LogP contribution in [0.2, 0.25) is 0 Å². The Morgan fingerprint density at radius 3 is 2.21 bits per heavy atom. The molecule has 0 N–H and O–H groups in total. The van der Waals surface area contributed by atoms with E-state index >= 15 is 4.39 Å². The minimum Gasteiger partial charge on any atom is -0.454 e. The van der Waals surface area contributed by atoms with Crippen LogP contribution in [0.15, 0.2) is 102 Å². The summed E-state index contributed by atoms with van der Waals surface area (Å²) in [5.74, 6) is -0.0152. The zero-order valence-corrected chi connectivity index (χ0v) is 22.5. The summed E-state index contributed by atoms with van der Waals surface area (Å²) in [5, 5.41) is 5.38. The standard InChI is InChI=1S/C36H29FNO/c1-21(2)23-17-18-38(4)32(20-23)33-22(3)13-14-28-29-15-16-31(37)34(36(29)39-35(28)33)30-19-24-9-5-6-10-25(24)26-11-7-8-12-27(26)30/h5-21H,1-4H3/q+1/i19D. The van der Waals surface area contributed by atoms with Crippen molar-refractivity contribution in [2.24, 2.45) is 7.05 Å². The number of hydrogen-bond donors (Lipinski definition) is 0. The summed E-state index contributed by atoms with van der Waals surface area (Å²) in [6.45, 7) is 6.47. The molecule has 2 nitrogen and oxygen atoms in total. The van der Waals surface area contributed by atoms with Gasteiger partial charge in [0.05, 0.1) is 12.5 Å². The van der Waals surface area contributed by atoms with Crippen LogP contribution in [0.3, 0.4) is 0 Å². The van der Waals surface area contributed by atoms with Crippen molar-refractivity contribution in [1.82, 2.24) is 0 Å². The van der Waals surface area contributed by atoms with E-state index in [0.717, 1.165) is 54.7 Å². The Kier molecular flexibility index (Phi) is 5.06. The first-order valence-electron chi connectivity index (χ1n) is 13.9. The zero-order chi connectivity index (χ0) is 27.7. The van der Waals surface area contributed by atoms with Crippen LogP contribution in [0.25, 0.3) is 65.9 Å². The highest BCUT2D eigenvalue weighted by atomic mass is 19.1. The molecular weight excluding hydrogens is 481 g/mol. The van der Waals surface area contributed by atoms with Gasteiger partial charge in [-0.15, -0.1) is 0 Å². The van der Waals surface area contributed by atoms with Gasteiger partial charge in [-0.05, 0) is 69.3 Å². The third kappa shape index (κ3) is 3.57. The third-order valence-corrected chi connectivity index (χ3v) is 7.99. The molecule has 0 aliphatic rings. The van der Waals surface area contributed by atoms with Gasteiger partial charge in [0, 0.05) is 22.9 Å². The van der Waals surface area contributed by atoms with E-state index in [9.17, 15) is 1.37 Å². The summed E-state index contributed by atoms with van der Waals surface area (Å²) in [5.41, 5.74) is 6.48. The topological polar surface area (TPSA) is 17.0 Å². The van der Waals surface area contributed by atoms with Crippen LogP contribution in [0.4, 0.5) is 4.39 Å². The molecule has 0 radical (unpaired) electrons. The van der Waals surface area contributed by atoms with E-state index < -0.39 is 5.82 Å². The number of nitrogens with zero attached hydrogens (tertiary/aromatic N) is 1. The predicted octanol–water partition coefficient (Wildman–Crippen LogP) is 9.62. The molecule has 5 aromatic carbocycles. The molecule has 0 aliphatic carbocycles. The highest BCUT2D eigenvalue weighted by molar-refractivity contribution is 6.18. The Hall–Kier alpha value is -4.50. The van der Waals surface area contributed by atoms with E-state index in [1.165, 1.54) is 11.6 Å². The van der Waals surface area contributed by atoms with Crippen LogP contribution in [0.5, 0.6) is 0 Å². The normalized spacial score (nSPS) is 12.3. The maximum Gasteiger partial charge on any atom is 0.216 e. The van der Waals surface area contributed by atoms with Gasteiger partial charge in [-0.3, -0.25) is 0 Å². The summed E-state index contributed by atoms with van der Waals surface area (Å²) in [4.78, 5) is 0. The number of aryl methyl sites for hydroxylation is 2. The molecule has 0 saturated heterocycles. The van der Waals surface area contributed by atoms with Gasteiger partial charge in [-0.2, -0.15) is 0 Å². The molecule has 0 saturated carbocycles. The van der Waals surface area contributed by atoms with Gasteiger partial charge in [-0.1, -0.05) is 74.5 Å². The van der Waals surface area contributed by atoms with Crippen LogP contribution >= 0.6 is 0 Å². The monoisotopic (exact) mass is 511 g/mol. The van der Waals surface area contributed by atoms with E-state index in [2.05, 4.69) is 55.8 Å². The predicted molar refractivity (Wildman–Crippen MR) is 160 cm³/mol. The Bertz CT molecular complexity index is 2140. The highest BCUT2D eigenvalue weighted by Crippen LogP contribution is 2.44. The largest absolute Gasteiger partial charge is 0.454 e. The van der Waals surface area contributed by atoms with E-state index in [4.69, 9.17) is 4.42 Å². The van der Waals surface area contributed by atoms with Crippen molar-refractivity contribution in [1.29, 1.82) is 0 Å². The van der Waals surface area contributed by atoms with Gasteiger partial charge in [0.1, 0.15) is 24.0 Å². The van der Waals surface area contributed by atoms with E-state index in [0.29, 0.717) is 28.7 Å². The summed E-state index contributed by atoms with van der Waals surface area (Å²) in [6, 6.07) is 28.0. The molecule has 7 rings (SSSR count).